The molecule has 0 saturated carbocycles. The monoisotopic (exact) mass is 467 g/mol. The number of aliphatic hydroxyl groups is 3. The number of ketones is 1. The molecule has 1 aromatic carbocycles. The predicted molar refractivity (Wildman–Crippen MR) is 121 cm³/mol. The maximum atomic E-state index is 12.7. The van der Waals surface area contributed by atoms with Crippen molar-refractivity contribution in [2.75, 3.05) is 20.3 Å². The van der Waals surface area contributed by atoms with Crippen molar-refractivity contribution in [2.24, 2.45) is 11.8 Å². The minimum atomic E-state index is -1.39. The number of carbonyl (C=O) groups excluding carboxylic acids is 2. The van der Waals surface area contributed by atoms with Crippen LogP contribution < -0.4 is 10.1 Å². The van der Waals surface area contributed by atoms with E-state index in [-0.39, 0.29) is 18.3 Å². The number of methoxy groups -OCH3 is 1. The summed E-state index contributed by atoms with van der Waals surface area (Å²) in [5, 5.41) is 33.1. The second kappa shape index (κ2) is 13.0. The van der Waals surface area contributed by atoms with E-state index in [9.17, 15) is 24.9 Å². The summed E-state index contributed by atoms with van der Waals surface area (Å²) in [5.41, 5.74) is 0.341. The number of hydrogen-bond donors (Lipinski definition) is 4. The summed E-state index contributed by atoms with van der Waals surface area (Å²) in [4.78, 5) is 24.0. The van der Waals surface area contributed by atoms with Crippen molar-refractivity contribution >= 4 is 11.7 Å². The third kappa shape index (κ3) is 8.04. The second-order valence-corrected chi connectivity index (χ2v) is 8.95. The Kier molecular flexibility index (Phi) is 10.7. The fourth-order valence-electron chi connectivity index (χ4n) is 4.12. The quantitative estimate of drug-likeness (QED) is 0.361. The third-order valence-electron chi connectivity index (χ3n) is 5.86. The number of carbonyl (C=O) groups is 2. The molecule has 33 heavy (non-hydrogen) atoms. The zero-order valence-electron chi connectivity index (χ0n) is 19.8. The molecule has 9 nitrogen and oxygen atoms in total. The Labute approximate surface area is 195 Å². The van der Waals surface area contributed by atoms with Crippen molar-refractivity contribution in [3.8, 4) is 5.75 Å². The van der Waals surface area contributed by atoms with Crippen LogP contribution in [0.1, 0.15) is 50.4 Å². The van der Waals surface area contributed by atoms with Gasteiger partial charge in [0.05, 0.1) is 20.3 Å². The SMILES string of the molecule is COc1ccc(C(=O)NC2C(O)[C@H](O)C(CO)O[C@H]2OCCC(C)CC(C)CC(C)=O)cc1. The number of amides is 1. The fraction of sp³-hybridized carbons (Fsp3) is 0.667. The molecular formula is C24H37NO8. The summed E-state index contributed by atoms with van der Waals surface area (Å²) in [6.07, 6.45) is -2.77. The molecule has 1 amide bonds. The Morgan fingerprint density at radius 1 is 1.12 bits per heavy atom. The van der Waals surface area contributed by atoms with Gasteiger partial charge in [0.25, 0.3) is 5.91 Å². The van der Waals surface area contributed by atoms with Gasteiger partial charge in [-0.1, -0.05) is 13.8 Å². The molecule has 0 aromatic heterocycles. The molecule has 9 heteroatoms. The van der Waals surface area contributed by atoms with Crippen molar-refractivity contribution in [3.05, 3.63) is 29.8 Å². The standard InChI is InChI=1S/C24H37NO8/c1-14(11-15(2)12-16(3)27)9-10-32-24-20(22(29)21(28)19(13-26)33-24)25-23(30)17-5-7-18(31-4)8-6-17/h5-8,14-15,19-22,24,26,28-29H,9-13H2,1-4H3,(H,25,30)/t14?,15?,19?,20?,21-,22?,24-/m1/s1. The Morgan fingerprint density at radius 2 is 1.79 bits per heavy atom. The molecule has 0 spiro atoms. The highest BCUT2D eigenvalue weighted by atomic mass is 16.7. The number of hydrogen-bond acceptors (Lipinski definition) is 8. The molecule has 1 aliphatic rings. The average molecular weight is 468 g/mol. The largest absolute Gasteiger partial charge is 0.497 e. The topological polar surface area (TPSA) is 135 Å². The lowest BCUT2D eigenvalue weighted by Crippen LogP contribution is -2.64. The van der Waals surface area contributed by atoms with E-state index in [1.165, 1.54) is 7.11 Å². The summed E-state index contributed by atoms with van der Waals surface area (Å²) in [6.45, 7) is 5.48. The molecule has 0 aliphatic carbocycles. The fourth-order valence-corrected chi connectivity index (χ4v) is 4.12. The van der Waals surface area contributed by atoms with E-state index in [0.717, 1.165) is 6.42 Å². The lowest BCUT2D eigenvalue weighted by Gasteiger charge is -2.42. The number of ether oxygens (including phenoxy) is 3. The van der Waals surface area contributed by atoms with Gasteiger partial charge < -0.3 is 39.6 Å². The van der Waals surface area contributed by atoms with Gasteiger partial charge in [0.1, 0.15) is 35.9 Å². The molecule has 1 aromatic rings. The van der Waals surface area contributed by atoms with Crippen LogP contribution in [0.25, 0.3) is 0 Å². The molecule has 0 bridgehead atoms. The zero-order valence-corrected chi connectivity index (χ0v) is 19.8. The van der Waals surface area contributed by atoms with Crippen LogP contribution in [0.3, 0.4) is 0 Å². The van der Waals surface area contributed by atoms with E-state index in [4.69, 9.17) is 14.2 Å². The van der Waals surface area contributed by atoms with Gasteiger partial charge in [0.2, 0.25) is 0 Å². The van der Waals surface area contributed by atoms with Crippen LogP contribution in [0.15, 0.2) is 24.3 Å². The minimum Gasteiger partial charge on any atom is -0.497 e. The third-order valence-corrected chi connectivity index (χ3v) is 5.86. The van der Waals surface area contributed by atoms with Gasteiger partial charge in [-0.05, 0) is 55.9 Å². The first-order valence-corrected chi connectivity index (χ1v) is 11.3. The van der Waals surface area contributed by atoms with Gasteiger partial charge in [0.15, 0.2) is 6.29 Å². The first-order valence-electron chi connectivity index (χ1n) is 11.3. The van der Waals surface area contributed by atoms with E-state index >= 15 is 0 Å². The first kappa shape index (κ1) is 27.2. The van der Waals surface area contributed by atoms with Gasteiger partial charge in [-0.2, -0.15) is 0 Å². The molecule has 2 rings (SSSR count). The molecule has 0 radical (unpaired) electrons. The zero-order chi connectivity index (χ0) is 24.5. The average Bonchev–Trinajstić information content (AvgIpc) is 2.77. The van der Waals surface area contributed by atoms with Gasteiger partial charge in [-0.15, -0.1) is 0 Å². The summed E-state index contributed by atoms with van der Waals surface area (Å²) in [7, 11) is 1.52. The maximum absolute atomic E-state index is 12.7. The molecule has 186 valence electrons. The van der Waals surface area contributed by atoms with Crippen LogP contribution in [0.4, 0.5) is 0 Å². The number of Topliss-reactive ketones (excluding diaryl/α,β-unsaturated/α-hetero) is 1. The van der Waals surface area contributed by atoms with Gasteiger partial charge in [0, 0.05) is 12.0 Å². The molecular weight excluding hydrogens is 430 g/mol. The predicted octanol–water partition coefficient (Wildman–Crippen LogP) is 1.28. The normalized spacial score (nSPS) is 26.9. The van der Waals surface area contributed by atoms with Crippen LogP contribution >= 0.6 is 0 Å². The molecule has 4 N–H and O–H groups in total. The van der Waals surface area contributed by atoms with Crippen molar-refractivity contribution < 1.29 is 39.1 Å². The Hall–Kier alpha value is -2.04. The highest BCUT2D eigenvalue weighted by molar-refractivity contribution is 5.94. The molecule has 1 fully saturated rings. The molecule has 1 saturated heterocycles. The second-order valence-electron chi connectivity index (χ2n) is 8.95. The maximum Gasteiger partial charge on any atom is 0.251 e. The lowest BCUT2D eigenvalue weighted by molar-refractivity contribution is -0.269. The van der Waals surface area contributed by atoms with Crippen molar-refractivity contribution in [1.29, 1.82) is 0 Å². The Morgan fingerprint density at radius 3 is 2.36 bits per heavy atom. The highest BCUT2D eigenvalue weighted by Crippen LogP contribution is 2.24. The number of aliphatic hydroxyl groups excluding tert-OH is 3. The van der Waals surface area contributed by atoms with E-state index in [0.29, 0.717) is 30.1 Å². The Bertz CT molecular complexity index is 755. The van der Waals surface area contributed by atoms with Gasteiger partial charge in [-0.25, -0.2) is 0 Å². The van der Waals surface area contributed by atoms with Crippen molar-refractivity contribution in [3.63, 3.8) is 0 Å². The number of rotatable bonds is 12. The van der Waals surface area contributed by atoms with Crippen LogP contribution in [0, 0.1) is 11.8 Å². The summed E-state index contributed by atoms with van der Waals surface area (Å²) in [6, 6.07) is 5.40. The first-order chi connectivity index (χ1) is 15.7. The lowest BCUT2D eigenvalue weighted by atomic mass is 9.92. The van der Waals surface area contributed by atoms with E-state index in [2.05, 4.69) is 12.2 Å². The van der Waals surface area contributed by atoms with Crippen LogP contribution in [0.2, 0.25) is 0 Å². The van der Waals surface area contributed by atoms with Crippen LogP contribution in [-0.4, -0.2) is 78.0 Å². The number of benzene rings is 1. The van der Waals surface area contributed by atoms with Gasteiger partial charge in [-0.3, -0.25) is 4.79 Å². The smallest absolute Gasteiger partial charge is 0.251 e. The molecule has 1 aliphatic heterocycles. The van der Waals surface area contributed by atoms with Crippen LogP contribution in [0.5, 0.6) is 5.75 Å². The van der Waals surface area contributed by atoms with Crippen molar-refractivity contribution in [1.82, 2.24) is 5.32 Å². The summed E-state index contributed by atoms with van der Waals surface area (Å²) in [5.74, 6) is 0.858. The van der Waals surface area contributed by atoms with Crippen molar-refractivity contribution in [2.45, 2.75) is 70.7 Å². The van der Waals surface area contributed by atoms with Crippen LogP contribution in [-0.2, 0) is 14.3 Å². The van der Waals surface area contributed by atoms with E-state index in [1.54, 1.807) is 31.2 Å². The summed E-state index contributed by atoms with van der Waals surface area (Å²) >= 11 is 0. The minimum absolute atomic E-state index is 0.166. The molecule has 7 atom stereocenters. The number of nitrogens with one attached hydrogen (secondary N) is 1. The van der Waals surface area contributed by atoms with E-state index in [1.807, 2.05) is 6.92 Å². The van der Waals surface area contributed by atoms with Gasteiger partial charge >= 0.3 is 0 Å². The molecule has 5 unspecified atom stereocenters. The molecule has 1 heterocycles. The highest BCUT2D eigenvalue weighted by Gasteiger charge is 2.45. The Balaban J connectivity index is 2.00. The van der Waals surface area contributed by atoms with E-state index < -0.39 is 43.2 Å². The summed E-state index contributed by atoms with van der Waals surface area (Å²) < 4.78 is 16.6.